The van der Waals surface area contributed by atoms with Crippen LogP contribution in [-0.4, -0.2) is 33.9 Å². The van der Waals surface area contributed by atoms with Crippen LogP contribution in [0.25, 0.3) is 0 Å². The summed E-state index contributed by atoms with van der Waals surface area (Å²) in [4.78, 5) is 18.1. The molecule has 1 N–H and O–H groups in total. The van der Waals surface area contributed by atoms with Gasteiger partial charge in [0.05, 0.1) is 12.5 Å². The van der Waals surface area contributed by atoms with Crippen molar-refractivity contribution in [2.45, 2.75) is 38.4 Å². The first-order valence-corrected chi connectivity index (χ1v) is 6.35. The zero-order valence-corrected chi connectivity index (χ0v) is 11.3. The molecule has 2 rings (SSSR count). The lowest BCUT2D eigenvalue weighted by Gasteiger charge is -2.46. The van der Waals surface area contributed by atoms with Crippen molar-refractivity contribution in [1.82, 2.24) is 15.2 Å². The van der Waals surface area contributed by atoms with E-state index >= 15 is 0 Å². The first-order valence-electron chi connectivity index (χ1n) is 6.35. The van der Waals surface area contributed by atoms with Gasteiger partial charge in [0.1, 0.15) is 6.04 Å². The van der Waals surface area contributed by atoms with Crippen molar-refractivity contribution in [3.63, 3.8) is 0 Å². The van der Waals surface area contributed by atoms with Gasteiger partial charge >= 0.3 is 0 Å². The van der Waals surface area contributed by atoms with Crippen molar-refractivity contribution >= 4 is 5.91 Å². The molecule has 1 fully saturated rings. The van der Waals surface area contributed by atoms with E-state index in [4.69, 9.17) is 5.26 Å². The van der Waals surface area contributed by atoms with Gasteiger partial charge in [0.15, 0.2) is 0 Å². The maximum Gasteiger partial charge on any atom is 0.238 e. The van der Waals surface area contributed by atoms with Gasteiger partial charge in [-0.25, -0.2) is 0 Å². The number of carbonyl (C=O) groups excluding carboxylic acids is 1. The first-order chi connectivity index (χ1) is 9.04. The number of nitriles is 1. The Morgan fingerprint density at radius 3 is 3.05 bits per heavy atom. The van der Waals surface area contributed by atoms with Crippen LogP contribution in [0.15, 0.2) is 24.5 Å². The van der Waals surface area contributed by atoms with Gasteiger partial charge in [-0.1, -0.05) is 6.07 Å². The molecular weight excluding hydrogens is 240 g/mol. The monoisotopic (exact) mass is 258 g/mol. The van der Waals surface area contributed by atoms with Gasteiger partial charge in [0.2, 0.25) is 5.91 Å². The number of hydrogen-bond acceptors (Lipinski definition) is 4. The van der Waals surface area contributed by atoms with Crippen LogP contribution in [0.4, 0.5) is 0 Å². The zero-order valence-electron chi connectivity index (χ0n) is 11.3. The largest absolute Gasteiger partial charge is 0.353 e. The fourth-order valence-electron chi connectivity index (χ4n) is 2.39. The molecule has 1 unspecified atom stereocenters. The molecule has 0 bridgehead atoms. The van der Waals surface area contributed by atoms with E-state index in [1.54, 1.807) is 12.4 Å². The fraction of sp³-hybridized carbons (Fsp3) is 0.500. The van der Waals surface area contributed by atoms with E-state index in [0.717, 1.165) is 5.56 Å². The third-order valence-electron chi connectivity index (χ3n) is 3.51. The Bertz CT molecular complexity index is 492. The van der Waals surface area contributed by atoms with Gasteiger partial charge in [-0.3, -0.25) is 14.7 Å². The number of nitrogens with zero attached hydrogens (tertiary/aromatic N) is 3. The molecule has 1 saturated heterocycles. The summed E-state index contributed by atoms with van der Waals surface area (Å²) < 4.78 is 0. The van der Waals surface area contributed by atoms with Crippen LogP contribution >= 0.6 is 0 Å². The molecule has 1 aliphatic rings. The molecule has 0 spiro atoms. The number of piperazine rings is 1. The SMILES string of the molecule is CC1(C)CNC(=O)C(CC#N)N1Cc1cccnc1. The molecule has 1 aliphatic heterocycles. The van der Waals surface area contributed by atoms with Crippen LogP contribution in [0.3, 0.4) is 0 Å². The number of hydrogen-bond donors (Lipinski definition) is 1. The standard InChI is InChI=1S/C14H18N4O/c1-14(2)10-17-13(19)12(5-6-15)18(14)9-11-4-3-7-16-8-11/h3-4,7-8,12H,5,9-10H2,1-2H3,(H,17,19). The van der Waals surface area contributed by atoms with Crippen molar-refractivity contribution in [3.05, 3.63) is 30.1 Å². The van der Waals surface area contributed by atoms with Gasteiger partial charge in [-0.05, 0) is 25.5 Å². The van der Waals surface area contributed by atoms with Gasteiger partial charge in [0.25, 0.3) is 0 Å². The number of rotatable bonds is 3. The summed E-state index contributed by atoms with van der Waals surface area (Å²) in [5, 5.41) is 11.8. The molecular formula is C14H18N4O. The lowest BCUT2D eigenvalue weighted by Crippen LogP contribution is -2.64. The van der Waals surface area contributed by atoms with E-state index in [0.29, 0.717) is 13.1 Å². The Hall–Kier alpha value is -1.93. The molecule has 5 heteroatoms. The highest BCUT2D eigenvalue weighted by Crippen LogP contribution is 2.25. The first kappa shape index (κ1) is 13.5. The maximum atomic E-state index is 12.0. The molecule has 1 aromatic rings. The second-order valence-corrected chi connectivity index (χ2v) is 5.40. The third kappa shape index (κ3) is 2.91. The van der Waals surface area contributed by atoms with E-state index in [2.05, 4.69) is 35.1 Å². The molecule has 1 amide bonds. The van der Waals surface area contributed by atoms with E-state index in [1.165, 1.54) is 0 Å². The molecule has 0 saturated carbocycles. The normalized spacial score (nSPS) is 22.6. The van der Waals surface area contributed by atoms with Gasteiger partial charge < -0.3 is 5.32 Å². The highest BCUT2D eigenvalue weighted by Gasteiger charge is 2.40. The average molecular weight is 258 g/mol. The number of carbonyl (C=O) groups is 1. The summed E-state index contributed by atoms with van der Waals surface area (Å²) in [5.74, 6) is -0.0650. The number of pyridine rings is 1. The smallest absolute Gasteiger partial charge is 0.238 e. The van der Waals surface area contributed by atoms with Crippen molar-refractivity contribution in [2.75, 3.05) is 6.54 Å². The third-order valence-corrected chi connectivity index (χ3v) is 3.51. The average Bonchev–Trinajstić information content (AvgIpc) is 2.40. The molecule has 100 valence electrons. The predicted molar refractivity (Wildman–Crippen MR) is 70.9 cm³/mol. The van der Waals surface area contributed by atoms with Crippen molar-refractivity contribution in [3.8, 4) is 6.07 Å². The van der Waals surface area contributed by atoms with Crippen LogP contribution in [-0.2, 0) is 11.3 Å². The highest BCUT2D eigenvalue weighted by atomic mass is 16.2. The van der Waals surface area contributed by atoms with E-state index < -0.39 is 6.04 Å². The van der Waals surface area contributed by atoms with Gasteiger partial charge in [0, 0.05) is 31.0 Å². The van der Waals surface area contributed by atoms with Crippen molar-refractivity contribution < 1.29 is 4.79 Å². The Labute approximate surface area is 113 Å². The van der Waals surface area contributed by atoms with Crippen LogP contribution in [0.2, 0.25) is 0 Å². The van der Waals surface area contributed by atoms with E-state index in [1.807, 2.05) is 12.1 Å². The molecule has 2 heterocycles. The minimum Gasteiger partial charge on any atom is -0.353 e. The Morgan fingerprint density at radius 2 is 2.42 bits per heavy atom. The van der Waals surface area contributed by atoms with Gasteiger partial charge in [-0.15, -0.1) is 0 Å². The summed E-state index contributed by atoms with van der Waals surface area (Å²) in [5.41, 5.74) is 0.874. The lowest BCUT2D eigenvalue weighted by molar-refractivity contribution is -0.134. The minimum absolute atomic E-state index is 0.0650. The molecule has 0 aromatic carbocycles. The lowest BCUT2D eigenvalue weighted by atomic mass is 9.93. The summed E-state index contributed by atoms with van der Waals surface area (Å²) in [7, 11) is 0. The molecule has 0 radical (unpaired) electrons. The Balaban J connectivity index is 2.25. The van der Waals surface area contributed by atoms with Crippen LogP contribution in [0.5, 0.6) is 0 Å². The molecule has 5 nitrogen and oxygen atoms in total. The van der Waals surface area contributed by atoms with Crippen molar-refractivity contribution in [2.24, 2.45) is 0 Å². The Kier molecular flexibility index (Phi) is 3.82. The van der Waals surface area contributed by atoms with Gasteiger partial charge in [-0.2, -0.15) is 5.26 Å². The summed E-state index contributed by atoms with van der Waals surface area (Å²) in [6.45, 7) is 5.37. The summed E-state index contributed by atoms with van der Waals surface area (Å²) in [6.07, 6.45) is 3.73. The predicted octanol–water partition coefficient (Wildman–Crippen LogP) is 1.07. The Morgan fingerprint density at radius 1 is 1.63 bits per heavy atom. The van der Waals surface area contributed by atoms with Crippen LogP contribution < -0.4 is 5.32 Å². The fourth-order valence-corrected chi connectivity index (χ4v) is 2.39. The molecule has 1 aromatic heterocycles. The zero-order chi connectivity index (χ0) is 13.9. The highest BCUT2D eigenvalue weighted by molar-refractivity contribution is 5.83. The maximum absolute atomic E-state index is 12.0. The second kappa shape index (κ2) is 5.37. The topological polar surface area (TPSA) is 69.0 Å². The molecule has 1 atom stereocenters. The molecule has 19 heavy (non-hydrogen) atoms. The number of amides is 1. The minimum atomic E-state index is -0.394. The molecule has 0 aliphatic carbocycles. The van der Waals surface area contributed by atoms with Crippen LogP contribution in [0, 0.1) is 11.3 Å². The van der Waals surface area contributed by atoms with E-state index in [-0.39, 0.29) is 17.9 Å². The van der Waals surface area contributed by atoms with Crippen molar-refractivity contribution in [1.29, 1.82) is 5.26 Å². The number of aromatic nitrogens is 1. The quantitative estimate of drug-likeness (QED) is 0.880. The number of nitrogens with one attached hydrogen (secondary N) is 1. The van der Waals surface area contributed by atoms with E-state index in [9.17, 15) is 4.79 Å². The summed E-state index contributed by atoms with van der Waals surface area (Å²) >= 11 is 0. The van der Waals surface area contributed by atoms with Crippen LogP contribution in [0.1, 0.15) is 25.8 Å². The second-order valence-electron chi connectivity index (χ2n) is 5.40. The summed E-state index contributed by atoms with van der Waals surface area (Å²) in [6, 6.07) is 5.57.